The molecule has 0 aromatic heterocycles. The molecule has 0 saturated heterocycles. The second-order valence-corrected chi connectivity index (χ2v) is 9.03. The number of nitrogens with one attached hydrogen (secondary N) is 1. The van der Waals surface area contributed by atoms with Crippen LogP contribution >= 0.6 is 0 Å². The molecule has 2 rings (SSSR count). The van der Waals surface area contributed by atoms with Crippen molar-refractivity contribution in [2.24, 2.45) is 0 Å². The van der Waals surface area contributed by atoms with Crippen molar-refractivity contribution in [3.05, 3.63) is 65.7 Å². The molecule has 0 aliphatic rings. The Bertz CT molecular complexity index is 864. The lowest BCUT2D eigenvalue weighted by atomic mass is 10.1. The lowest BCUT2D eigenvalue weighted by Gasteiger charge is -2.25. The van der Waals surface area contributed by atoms with E-state index in [0.717, 1.165) is 12.1 Å². The van der Waals surface area contributed by atoms with Crippen LogP contribution in [0.3, 0.4) is 0 Å². The molecule has 152 valence electrons. The van der Waals surface area contributed by atoms with Gasteiger partial charge in [0, 0.05) is 31.2 Å². The molecular weight excluding hydrogens is 374 g/mol. The average molecular weight is 404 g/mol. The quantitative estimate of drug-likeness (QED) is 0.699. The van der Waals surface area contributed by atoms with Gasteiger partial charge in [-0.3, -0.25) is 4.79 Å². The molecule has 0 bridgehead atoms. The number of likely N-dealkylation sites (N-methyl/N-ethyl adjacent to an activating group) is 1. The number of carbonyl (C=O) groups is 1. The Kier molecular flexibility index (Phi) is 7.74. The zero-order chi connectivity index (χ0) is 20.7. The first kappa shape index (κ1) is 22.1. The summed E-state index contributed by atoms with van der Waals surface area (Å²) in [6, 6.07) is 15.7. The van der Waals surface area contributed by atoms with Gasteiger partial charge >= 0.3 is 0 Å². The van der Waals surface area contributed by atoms with E-state index in [2.05, 4.69) is 4.72 Å². The lowest BCUT2D eigenvalue weighted by Crippen LogP contribution is -2.36. The van der Waals surface area contributed by atoms with Crippen LogP contribution < -0.4 is 4.72 Å². The molecule has 0 unspecified atom stereocenters. The molecule has 1 amide bonds. The minimum absolute atomic E-state index is 0.119. The highest BCUT2D eigenvalue weighted by Gasteiger charge is 2.19. The highest BCUT2D eigenvalue weighted by molar-refractivity contribution is 7.89. The van der Waals surface area contributed by atoms with Gasteiger partial charge in [-0.2, -0.15) is 0 Å². The summed E-state index contributed by atoms with van der Waals surface area (Å²) in [5.41, 5.74) is 1.52. The van der Waals surface area contributed by atoms with Crippen LogP contribution in [0.5, 0.6) is 0 Å². The van der Waals surface area contributed by atoms with Crippen molar-refractivity contribution in [3.8, 4) is 0 Å². The van der Waals surface area contributed by atoms with Crippen LogP contribution in [0.4, 0.5) is 0 Å². The Hall–Kier alpha value is -2.22. The van der Waals surface area contributed by atoms with Gasteiger partial charge in [-0.25, -0.2) is 13.1 Å². The number of rotatable bonds is 9. The van der Waals surface area contributed by atoms with Crippen LogP contribution in [-0.4, -0.2) is 57.4 Å². The molecule has 2 aromatic carbocycles. The summed E-state index contributed by atoms with van der Waals surface area (Å²) >= 11 is 0. The maximum Gasteiger partial charge on any atom is 0.254 e. The molecule has 0 fully saturated rings. The van der Waals surface area contributed by atoms with Crippen LogP contribution in [0.25, 0.3) is 0 Å². The third kappa shape index (κ3) is 6.44. The monoisotopic (exact) mass is 403 g/mol. The Morgan fingerprint density at radius 2 is 1.57 bits per heavy atom. The number of sulfonamides is 1. The molecule has 1 N–H and O–H groups in total. The number of carbonyl (C=O) groups excluding carboxylic acids is 1. The van der Waals surface area contributed by atoms with E-state index < -0.39 is 10.0 Å². The zero-order valence-corrected chi connectivity index (χ0v) is 17.7. The van der Waals surface area contributed by atoms with Gasteiger partial charge in [0.2, 0.25) is 10.0 Å². The summed E-state index contributed by atoms with van der Waals surface area (Å²) in [7, 11) is 0.356. The van der Waals surface area contributed by atoms with E-state index >= 15 is 0 Å². The van der Waals surface area contributed by atoms with E-state index in [1.165, 1.54) is 12.1 Å². The van der Waals surface area contributed by atoms with E-state index in [4.69, 9.17) is 0 Å². The first-order valence-corrected chi connectivity index (χ1v) is 10.8. The smallest absolute Gasteiger partial charge is 0.254 e. The minimum atomic E-state index is -3.57. The van der Waals surface area contributed by atoms with E-state index in [-0.39, 0.29) is 16.8 Å². The molecule has 7 heteroatoms. The van der Waals surface area contributed by atoms with Crippen LogP contribution in [0.1, 0.15) is 29.8 Å². The summed E-state index contributed by atoms with van der Waals surface area (Å²) in [6.07, 6.45) is 0. The third-order valence-electron chi connectivity index (χ3n) is 4.12. The fourth-order valence-corrected chi connectivity index (χ4v) is 3.97. The molecule has 6 nitrogen and oxygen atoms in total. The highest BCUT2D eigenvalue weighted by atomic mass is 32.2. The molecule has 0 aliphatic heterocycles. The van der Waals surface area contributed by atoms with Gasteiger partial charge in [0.1, 0.15) is 0 Å². The predicted molar refractivity (Wildman–Crippen MR) is 112 cm³/mol. The van der Waals surface area contributed by atoms with Crippen molar-refractivity contribution >= 4 is 15.9 Å². The number of amides is 1. The fraction of sp³-hybridized carbons (Fsp3) is 0.381. The summed E-state index contributed by atoms with van der Waals surface area (Å²) < 4.78 is 27.1. The predicted octanol–water partition coefficient (Wildman–Crippen LogP) is 2.58. The van der Waals surface area contributed by atoms with Gasteiger partial charge in [-0.15, -0.1) is 0 Å². The second kappa shape index (κ2) is 9.82. The molecule has 0 saturated carbocycles. The molecule has 0 heterocycles. The van der Waals surface area contributed by atoms with E-state index in [0.29, 0.717) is 18.7 Å². The SMILES string of the molecule is CC(C)NS(=O)(=O)c1ccc(C(=O)N(CCN(C)C)Cc2ccccc2)cc1. The van der Waals surface area contributed by atoms with Gasteiger partial charge in [0.25, 0.3) is 5.91 Å². The number of nitrogens with zero attached hydrogens (tertiary/aromatic N) is 2. The van der Waals surface area contributed by atoms with Crippen molar-refractivity contribution in [1.82, 2.24) is 14.5 Å². The van der Waals surface area contributed by atoms with Gasteiger partial charge in [-0.05, 0) is 57.8 Å². The summed E-state index contributed by atoms with van der Waals surface area (Å²) in [5.74, 6) is -0.119. The van der Waals surface area contributed by atoms with Crippen LogP contribution in [0, 0.1) is 0 Å². The van der Waals surface area contributed by atoms with Crippen molar-refractivity contribution < 1.29 is 13.2 Å². The van der Waals surface area contributed by atoms with E-state index in [1.807, 2.05) is 49.3 Å². The molecule has 28 heavy (non-hydrogen) atoms. The van der Waals surface area contributed by atoms with Gasteiger partial charge in [-0.1, -0.05) is 30.3 Å². The van der Waals surface area contributed by atoms with Crippen LogP contribution in [0.2, 0.25) is 0 Å². The first-order valence-electron chi connectivity index (χ1n) is 9.29. The van der Waals surface area contributed by atoms with Crippen LogP contribution in [0.15, 0.2) is 59.5 Å². The van der Waals surface area contributed by atoms with E-state index in [9.17, 15) is 13.2 Å². The number of benzene rings is 2. The molecule has 0 atom stereocenters. The van der Waals surface area contributed by atoms with Gasteiger partial charge in [0.05, 0.1) is 4.90 Å². The van der Waals surface area contributed by atoms with Crippen molar-refractivity contribution in [2.45, 2.75) is 31.3 Å². The molecule has 0 spiro atoms. The zero-order valence-electron chi connectivity index (χ0n) is 16.9. The normalized spacial score (nSPS) is 11.8. The Labute approximate surface area is 168 Å². The van der Waals surface area contributed by atoms with Crippen LogP contribution in [-0.2, 0) is 16.6 Å². The highest BCUT2D eigenvalue weighted by Crippen LogP contribution is 2.14. The van der Waals surface area contributed by atoms with Gasteiger partial charge in [0.15, 0.2) is 0 Å². The maximum atomic E-state index is 13.0. The standard InChI is InChI=1S/C21H29N3O3S/c1-17(2)22-28(26,27)20-12-10-19(11-13-20)21(25)24(15-14-23(3)4)16-18-8-6-5-7-9-18/h5-13,17,22H,14-16H2,1-4H3. The maximum absolute atomic E-state index is 13.0. The second-order valence-electron chi connectivity index (χ2n) is 7.32. The summed E-state index contributed by atoms with van der Waals surface area (Å²) in [4.78, 5) is 17.0. The van der Waals surface area contributed by atoms with Crippen molar-refractivity contribution in [1.29, 1.82) is 0 Å². The summed E-state index contributed by atoms with van der Waals surface area (Å²) in [6.45, 7) is 5.35. The Morgan fingerprint density at radius 1 is 0.964 bits per heavy atom. The molecule has 0 radical (unpaired) electrons. The molecular formula is C21H29N3O3S. The molecule has 0 aliphatic carbocycles. The minimum Gasteiger partial charge on any atom is -0.333 e. The summed E-state index contributed by atoms with van der Waals surface area (Å²) in [5, 5.41) is 0. The van der Waals surface area contributed by atoms with Crippen molar-refractivity contribution in [3.63, 3.8) is 0 Å². The first-order chi connectivity index (χ1) is 13.2. The fourth-order valence-electron chi connectivity index (χ4n) is 2.71. The largest absolute Gasteiger partial charge is 0.333 e. The lowest BCUT2D eigenvalue weighted by molar-refractivity contribution is 0.0732. The Morgan fingerprint density at radius 3 is 2.11 bits per heavy atom. The van der Waals surface area contributed by atoms with E-state index in [1.54, 1.807) is 30.9 Å². The average Bonchev–Trinajstić information content (AvgIpc) is 2.64. The van der Waals surface area contributed by atoms with Gasteiger partial charge < -0.3 is 9.80 Å². The Balaban J connectivity index is 2.20. The molecule has 2 aromatic rings. The third-order valence-corrected chi connectivity index (χ3v) is 5.80. The van der Waals surface area contributed by atoms with Crippen molar-refractivity contribution in [2.75, 3.05) is 27.2 Å². The number of hydrogen-bond acceptors (Lipinski definition) is 4. The topological polar surface area (TPSA) is 69.7 Å². The number of hydrogen-bond donors (Lipinski definition) is 1.